The fourth-order valence-electron chi connectivity index (χ4n) is 2.06. The van der Waals surface area contributed by atoms with Crippen LogP contribution in [0.3, 0.4) is 0 Å². The summed E-state index contributed by atoms with van der Waals surface area (Å²) in [5.74, 6) is 0.962. The van der Waals surface area contributed by atoms with Crippen molar-refractivity contribution in [2.24, 2.45) is 5.73 Å². The standard InChI is InChI=1S/C13H19N3/c1-9-15-11-5-4-10(8-12(11)16-9)13(2,3)6-7-14/h4-5,8H,6-7,14H2,1-3H3,(H,15,16). The average Bonchev–Trinajstić information content (AvgIpc) is 2.56. The Kier molecular flexibility index (Phi) is 2.72. The van der Waals surface area contributed by atoms with Crippen molar-refractivity contribution in [2.45, 2.75) is 32.6 Å². The number of aromatic nitrogens is 2. The van der Waals surface area contributed by atoms with Crippen LogP contribution in [-0.4, -0.2) is 16.5 Å². The first-order valence-corrected chi connectivity index (χ1v) is 5.70. The number of benzene rings is 1. The molecule has 0 saturated heterocycles. The second kappa shape index (κ2) is 3.91. The molecule has 3 N–H and O–H groups in total. The lowest BCUT2D eigenvalue weighted by Gasteiger charge is -2.24. The van der Waals surface area contributed by atoms with Gasteiger partial charge in [0, 0.05) is 0 Å². The molecule has 3 heteroatoms. The Morgan fingerprint density at radius 2 is 2.12 bits per heavy atom. The molecule has 0 spiro atoms. The lowest BCUT2D eigenvalue weighted by molar-refractivity contribution is 0.488. The number of aryl methyl sites for hydroxylation is 1. The van der Waals surface area contributed by atoms with E-state index >= 15 is 0 Å². The van der Waals surface area contributed by atoms with Crippen LogP contribution in [0.15, 0.2) is 18.2 Å². The van der Waals surface area contributed by atoms with E-state index < -0.39 is 0 Å². The van der Waals surface area contributed by atoms with E-state index in [-0.39, 0.29) is 5.41 Å². The van der Waals surface area contributed by atoms with E-state index in [1.165, 1.54) is 5.56 Å². The molecule has 0 radical (unpaired) electrons. The van der Waals surface area contributed by atoms with Gasteiger partial charge in [0.15, 0.2) is 0 Å². The molecule has 1 heterocycles. The largest absolute Gasteiger partial charge is 0.342 e. The summed E-state index contributed by atoms with van der Waals surface area (Å²) in [7, 11) is 0. The average molecular weight is 217 g/mol. The molecule has 0 aliphatic rings. The fourth-order valence-corrected chi connectivity index (χ4v) is 2.06. The SMILES string of the molecule is Cc1nc2ccc(C(C)(C)CCN)cc2[nH]1. The van der Waals surface area contributed by atoms with E-state index in [2.05, 4.69) is 42.0 Å². The Morgan fingerprint density at radius 3 is 2.81 bits per heavy atom. The zero-order valence-electron chi connectivity index (χ0n) is 10.2. The van der Waals surface area contributed by atoms with Crippen LogP contribution >= 0.6 is 0 Å². The van der Waals surface area contributed by atoms with Gasteiger partial charge in [0.05, 0.1) is 11.0 Å². The third kappa shape index (κ3) is 1.95. The summed E-state index contributed by atoms with van der Waals surface area (Å²) < 4.78 is 0. The fraction of sp³-hybridized carbons (Fsp3) is 0.462. The second-order valence-electron chi connectivity index (χ2n) is 4.98. The molecule has 0 saturated carbocycles. The molecular weight excluding hydrogens is 198 g/mol. The monoisotopic (exact) mass is 217 g/mol. The zero-order valence-corrected chi connectivity index (χ0v) is 10.2. The highest BCUT2D eigenvalue weighted by molar-refractivity contribution is 5.76. The van der Waals surface area contributed by atoms with Crippen LogP contribution in [0.2, 0.25) is 0 Å². The minimum atomic E-state index is 0.127. The summed E-state index contributed by atoms with van der Waals surface area (Å²) in [6, 6.07) is 6.41. The number of fused-ring (bicyclic) bond motifs is 1. The predicted octanol–water partition coefficient (Wildman–Crippen LogP) is 2.50. The van der Waals surface area contributed by atoms with Crippen LogP contribution in [0.25, 0.3) is 11.0 Å². The molecule has 0 bridgehead atoms. The molecule has 0 amide bonds. The normalized spacial score (nSPS) is 12.2. The van der Waals surface area contributed by atoms with E-state index in [1.54, 1.807) is 0 Å². The highest BCUT2D eigenvalue weighted by atomic mass is 14.9. The zero-order chi connectivity index (χ0) is 11.8. The third-order valence-electron chi connectivity index (χ3n) is 3.15. The topological polar surface area (TPSA) is 54.7 Å². The van der Waals surface area contributed by atoms with E-state index in [0.29, 0.717) is 6.54 Å². The van der Waals surface area contributed by atoms with Gasteiger partial charge < -0.3 is 10.7 Å². The number of aromatic amines is 1. The van der Waals surface area contributed by atoms with E-state index in [4.69, 9.17) is 5.73 Å². The van der Waals surface area contributed by atoms with Gasteiger partial charge in [0.1, 0.15) is 5.82 Å². The maximum Gasteiger partial charge on any atom is 0.104 e. The molecule has 0 unspecified atom stereocenters. The Morgan fingerprint density at radius 1 is 1.38 bits per heavy atom. The molecule has 86 valence electrons. The Hall–Kier alpha value is -1.35. The molecule has 0 aliphatic carbocycles. The summed E-state index contributed by atoms with van der Waals surface area (Å²) in [4.78, 5) is 7.67. The molecule has 0 aliphatic heterocycles. The maximum absolute atomic E-state index is 5.65. The van der Waals surface area contributed by atoms with E-state index in [9.17, 15) is 0 Å². The van der Waals surface area contributed by atoms with Crippen molar-refractivity contribution in [2.75, 3.05) is 6.54 Å². The van der Waals surface area contributed by atoms with Crippen molar-refractivity contribution < 1.29 is 0 Å². The Bertz CT molecular complexity index is 497. The van der Waals surface area contributed by atoms with Gasteiger partial charge in [-0.1, -0.05) is 19.9 Å². The number of hydrogen-bond acceptors (Lipinski definition) is 2. The second-order valence-corrected chi connectivity index (χ2v) is 4.98. The van der Waals surface area contributed by atoms with Crippen LogP contribution in [-0.2, 0) is 5.41 Å². The van der Waals surface area contributed by atoms with Gasteiger partial charge in [-0.2, -0.15) is 0 Å². The molecule has 0 atom stereocenters. The number of nitrogens with zero attached hydrogens (tertiary/aromatic N) is 1. The summed E-state index contributed by atoms with van der Waals surface area (Å²) >= 11 is 0. The lowest BCUT2D eigenvalue weighted by atomic mass is 9.81. The first-order valence-electron chi connectivity index (χ1n) is 5.70. The lowest BCUT2D eigenvalue weighted by Crippen LogP contribution is -2.21. The van der Waals surface area contributed by atoms with Gasteiger partial charge >= 0.3 is 0 Å². The molecule has 16 heavy (non-hydrogen) atoms. The Balaban J connectivity index is 2.45. The van der Waals surface area contributed by atoms with Crippen LogP contribution in [0.5, 0.6) is 0 Å². The van der Waals surface area contributed by atoms with Crippen molar-refractivity contribution in [3.63, 3.8) is 0 Å². The molecule has 1 aromatic carbocycles. The minimum Gasteiger partial charge on any atom is -0.342 e. The number of nitrogens with two attached hydrogens (primary N) is 1. The van der Waals surface area contributed by atoms with Gasteiger partial charge in [-0.25, -0.2) is 4.98 Å². The minimum absolute atomic E-state index is 0.127. The summed E-state index contributed by atoms with van der Waals surface area (Å²) in [5.41, 5.74) is 9.23. The van der Waals surface area contributed by atoms with E-state index in [1.807, 2.05) is 6.92 Å². The quantitative estimate of drug-likeness (QED) is 0.830. The molecule has 0 fully saturated rings. The molecule has 2 aromatic rings. The van der Waals surface area contributed by atoms with Crippen molar-refractivity contribution in [3.8, 4) is 0 Å². The van der Waals surface area contributed by atoms with Crippen molar-refractivity contribution in [1.29, 1.82) is 0 Å². The molecule has 2 rings (SSSR count). The van der Waals surface area contributed by atoms with Gasteiger partial charge in [-0.3, -0.25) is 0 Å². The van der Waals surface area contributed by atoms with E-state index in [0.717, 1.165) is 23.3 Å². The highest BCUT2D eigenvalue weighted by Gasteiger charge is 2.20. The smallest absolute Gasteiger partial charge is 0.104 e. The van der Waals surface area contributed by atoms with Crippen LogP contribution in [0.1, 0.15) is 31.7 Å². The summed E-state index contributed by atoms with van der Waals surface area (Å²) in [5, 5.41) is 0. The first kappa shape index (κ1) is 11.1. The Labute approximate surface area is 96.1 Å². The van der Waals surface area contributed by atoms with Crippen molar-refractivity contribution in [3.05, 3.63) is 29.6 Å². The predicted molar refractivity (Wildman–Crippen MR) is 67.5 cm³/mol. The van der Waals surface area contributed by atoms with Crippen molar-refractivity contribution >= 4 is 11.0 Å². The molecule has 1 aromatic heterocycles. The van der Waals surface area contributed by atoms with Gasteiger partial charge in [0.25, 0.3) is 0 Å². The number of hydrogen-bond donors (Lipinski definition) is 2. The third-order valence-corrected chi connectivity index (χ3v) is 3.15. The number of imidazole rings is 1. The van der Waals surface area contributed by atoms with Crippen molar-refractivity contribution in [1.82, 2.24) is 9.97 Å². The highest BCUT2D eigenvalue weighted by Crippen LogP contribution is 2.28. The number of rotatable bonds is 3. The molecular formula is C13H19N3. The number of H-pyrrole nitrogens is 1. The molecule has 3 nitrogen and oxygen atoms in total. The first-order chi connectivity index (χ1) is 7.53. The summed E-state index contributed by atoms with van der Waals surface area (Å²) in [6.45, 7) is 7.15. The number of nitrogens with one attached hydrogen (secondary N) is 1. The summed E-state index contributed by atoms with van der Waals surface area (Å²) in [6.07, 6.45) is 0.992. The van der Waals surface area contributed by atoms with Gasteiger partial charge in [-0.05, 0) is 43.0 Å². The van der Waals surface area contributed by atoms with Crippen LogP contribution < -0.4 is 5.73 Å². The maximum atomic E-state index is 5.65. The van der Waals surface area contributed by atoms with Crippen LogP contribution in [0, 0.1) is 6.92 Å². The van der Waals surface area contributed by atoms with Crippen LogP contribution in [0.4, 0.5) is 0 Å². The van der Waals surface area contributed by atoms with Gasteiger partial charge in [0.2, 0.25) is 0 Å². The van der Waals surface area contributed by atoms with Gasteiger partial charge in [-0.15, -0.1) is 0 Å².